The lowest BCUT2D eigenvalue weighted by atomic mass is 10.1. The van der Waals surface area contributed by atoms with Crippen LogP contribution in [0.25, 0.3) is 0 Å². The second-order valence-electron chi connectivity index (χ2n) is 5.40. The largest absolute Gasteiger partial charge is 0.352 e. The third kappa shape index (κ3) is 2.99. The van der Waals surface area contributed by atoms with Crippen molar-refractivity contribution in [3.8, 4) is 0 Å². The minimum Gasteiger partial charge on any atom is -0.352 e. The Morgan fingerprint density at radius 2 is 2.00 bits per heavy atom. The van der Waals surface area contributed by atoms with Gasteiger partial charge in [-0.15, -0.1) is 0 Å². The molecule has 0 unspecified atom stereocenters. The van der Waals surface area contributed by atoms with E-state index in [0.717, 1.165) is 5.56 Å². The molecule has 1 aromatic heterocycles. The van der Waals surface area contributed by atoms with E-state index < -0.39 is 15.9 Å². The van der Waals surface area contributed by atoms with E-state index in [-0.39, 0.29) is 10.6 Å². The van der Waals surface area contributed by atoms with E-state index in [1.165, 1.54) is 22.2 Å². The number of nitrogens with one attached hydrogen (secondary N) is 1. The van der Waals surface area contributed by atoms with E-state index in [0.29, 0.717) is 26.1 Å². The van der Waals surface area contributed by atoms with Gasteiger partial charge >= 0.3 is 0 Å². The van der Waals surface area contributed by atoms with Gasteiger partial charge in [0.1, 0.15) is 0 Å². The van der Waals surface area contributed by atoms with Crippen LogP contribution in [0.1, 0.15) is 15.9 Å². The number of sulfonamides is 1. The zero-order valence-electron chi connectivity index (χ0n) is 12.8. The fraction of sp³-hybridized carbons (Fsp3) is 0.333. The Labute approximate surface area is 135 Å². The topological polar surface area (TPSA) is 84.3 Å². The highest BCUT2D eigenvalue weighted by atomic mass is 32.2. The van der Waals surface area contributed by atoms with Gasteiger partial charge < -0.3 is 5.32 Å². The minimum absolute atomic E-state index is 0.0246. The normalized spacial score (nSPS) is 16.7. The van der Waals surface area contributed by atoms with Crippen LogP contribution in [0.3, 0.4) is 0 Å². The summed E-state index contributed by atoms with van der Waals surface area (Å²) in [5.41, 5.74) is 1.21. The van der Waals surface area contributed by atoms with Gasteiger partial charge in [0.25, 0.3) is 15.9 Å². The molecule has 0 spiro atoms. The van der Waals surface area contributed by atoms with Crippen molar-refractivity contribution < 1.29 is 13.2 Å². The SMILES string of the molecule is CN1CCn2ncc(C(=O)NCCc3ccccc3)c2S1(=O)=O. The van der Waals surface area contributed by atoms with E-state index in [4.69, 9.17) is 0 Å². The summed E-state index contributed by atoms with van der Waals surface area (Å²) in [5.74, 6) is -0.416. The lowest BCUT2D eigenvalue weighted by molar-refractivity contribution is 0.0950. The third-order valence-electron chi connectivity index (χ3n) is 3.86. The van der Waals surface area contributed by atoms with Crippen LogP contribution in [0.5, 0.6) is 0 Å². The van der Waals surface area contributed by atoms with Gasteiger partial charge in [-0.05, 0) is 12.0 Å². The van der Waals surface area contributed by atoms with Crippen molar-refractivity contribution in [2.24, 2.45) is 0 Å². The fourth-order valence-electron chi connectivity index (χ4n) is 2.52. The number of amides is 1. The predicted octanol–water partition coefficient (Wildman–Crippen LogP) is 0.490. The molecule has 2 aromatic rings. The number of likely N-dealkylation sites (N-methyl/N-ethyl adjacent to an activating group) is 1. The summed E-state index contributed by atoms with van der Waals surface area (Å²) in [6, 6.07) is 9.77. The van der Waals surface area contributed by atoms with Crippen LogP contribution in [-0.4, -0.2) is 48.5 Å². The number of hydrogen-bond donors (Lipinski definition) is 1. The zero-order chi connectivity index (χ0) is 16.4. The van der Waals surface area contributed by atoms with Crippen LogP contribution >= 0.6 is 0 Å². The second kappa shape index (κ2) is 6.13. The van der Waals surface area contributed by atoms with E-state index in [1.807, 2.05) is 30.3 Å². The Kier molecular flexibility index (Phi) is 4.18. The molecule has 3 rings (SSSR count). The Morgan fingerprint density at radius 3 is 2.74 bits per heavy atom. The molecule has 122 valence electrons. The summed E-state index contributed by atoms with van der Waals surface area (Å²) in [6.45, 7) is 1.23. The van der Waals surface area contributed by atoms with Crippen molar-refractivity contribution in [2.45, 2.75) is 18.0 Å². The molecule has 0 bridgehead atoms. The van der Waals surface area contributed by atoms with Crippen LogP contribution in [-0.2, 0) is 23.0 Å². The van der Waals surface area contributed by atoms with Crippen molar-refractivity contribution in [3.05, 3.63) is 47.7 Å². The van der Waals surface area contributed by atoms with E-state index in [2.05, 4.69) is 10.4 Å². The molecule has 0 radical (unpaired) electrons. The van der Waals surface area contributed by atoms with Gasteiger partial charge in [-0.25, -0.2) is 8.42 Å². The number of benzene rings is 1. The standard InChI is InChI=1S/C15H18N4O3S/c1-18-9-10-19-15(23(18,21)22)13(11-17-19)14(20)16-8-7-12-5-3-2-4-6-12/h2-6,11H,7-10H2,1H3,(H,16,20). The molecule has 0 atom stereocenters. The summed E-state index contributed by atoms with van der Waals surface area (Å²) in [7, 11) is -2.15. The number of carbonyl (C=O) groups excluding carboxylic acids is 1. The Bertz CT molecular complexity index is 815. The van der Waals surface area contributed by atoms with Crippen LogP contribution in [0.2, 0.25) is 0 Å². The molecular formula is C15H18N4O3S. The van der Waals surface area contributed by atoms with Gasteiger partial charge in [0.2, 0.25) is 0 Å². The summed E-state index contributed by atoms with van der Waals surface area (Å²) in [6.07, 6.45) is 2.01. The van der Waals surface area contributed by atoms with Crippen LogP contribution < -0.4 is 5.32 Å². The number of rotatable bonds is 4. The van der Waals surface area contributed by atoms with E-state index in [1.54, 1.807) is 0 Å². The molecule has 1 aliphatic rings. The second-order valence-corrected chi connectivity index (χ2v) is 7.36. The molecule has 1 aliphatic heterocycles. The molecule has 1 amide bonds. The van der Waals surface area contributed by atoms with Crippen LogP contribution in [0.15, 0.2) is 41.6 Å². The van der Waals surface area contributed by atoms with Gasteiger partial charge in [0.05, 0.1) is 18.3 Å². The first-order valence-corrected chi connectivity index (χ1v) is 8.78. The lowest BCUT2D eigenvalue weighted by Crippen LogP contribution is -2.38. The average molecular weight is 334 g/mol. The first kappa shape index (κ1) is 15.7. The quantitative estimate of drug-likeness (QED) is 0.882. The number of carbonyl (C=O) groups is 1. The molecule has 0 fully saturated rings. The number of fused-ring (bicyclic) bond motifs is 1. The summed E-state index contributed by atoms with van der Waals surface area (Å²) in [4.78, 5) is 12.3. The molecular weight excluding hydrogens is 316 g/mol. The number of hydrogen-bond acceptors (Lipinski definition) is 4. The lowest BCUT2D eigenvalue weighted by Gasteiger charge is -2.23. The van der Waals surface area contributed by atoms with Gasteiger partial charge in [0, 0.05) is 20.1 Å². The molecule has 0 aliphatic carbocycles. The third-order valence-corrected chi connectivity index (χ3v) is 5.78. The maximum Gasteiger partial charge on any atom is 0.260 e. The molecule has 0 saturated carbocycles. The molecule has 1 aromatic carbocycles. The smallest absolute Gasteiger partial charge is 0.260 e. The fourth-order valence-corrected chi connectivity index (χ4v) is 3.97. The Balaban J connectivity index is 1.73. The van der Waals surface area contributed by atoms with Gasteiger partial charge in [-0.3, -0.25) is 9.48 Å². The highest BCUT2D eigenvalue weighted by Crippen LogP contribution is 2.23. The summed E-state index contributed by atoms with van der Waals surface area (Å²) >= 11 is 0. The zero-order valence-corrected chi connectivity index (χ0v) is 13.6. The van der Waals surface area contributed by atoms with E-state index >= 15 is 0 Å². The first-order chi connectivity index (χ1) is 11.0. The highest BCUT2D eigenvalue weighted by Gasteiger charge is 2.34. The van der Waals surface area contributed by atoms with Gasteiger partial charge in [0.15, 0.2) is 5.03 Å². The number of nitrogens with zero attached hydrogens (tertiary/aromatic N) is 3. The van der Waals surface area contributed by atoms with Crippen molar-refractivity contribution in [1.29, 1.82) is 0 Å². The first-order valence-electron chi connectivity index (χ1n) is 7.34. The molecule has 23 heavy (non-hydrogen) atoms. The van der Waals surface area contributed by atoms with Crippen molar-refractivity contribution in [1.82, 2.24) is 19.4 Å². The Hall–Kier alpha value is -2.19. The summed E-state index contributed by atoms with van der Waals surface area (Å²) < 4.78 is 27.4. The van der Waals surface area contributed by atoms with Crippen molar-refractivity contribution >= 4 is 15.9 Å². The molecule has 1 N–H and O–H groups in total. The predicted molar refractivity (Wildman–Crippen MR) is 84.5 cm³/mol. The van der Waals surface area contributed by atoms with Crippen molar-refractivity contribution in [3.63, 3.8) is 0 Å². The maximum absolute atomic E-state index is 12.4. The number of aromatic nitrogens is 2. The minimum atomic E-state index is -3.66. The highest BCUT2D eigenvalue weighted by molar-refractivity contribution is 7.89. The summed E-state index contributed by atoms with van der Waals surface area (Å²) in [5, 5.41) is 6.76. The van der Waals surface area contributed by atoms with Crippen LogP contribution in [0.4, 0.5) is 0 Å². The van der Waals surface area contributed by atoms with Crippen LogP contribution in [0, 0.1) is 0 Å². The average Bonchev–Trinajstić information content (AvgIpc) is 2.98. The molecule has 2 heterocycles. The van der Waals surface area contributed by atoms with Crippen molar-refractivity contribution in [2.75, 3.05) is 20.1 Å². The molecule has 7 nitrogen and oxygen atoms in total. The van der Waals surface area contributed by atoms with E-state index in [9.17, 15) is 13.2 Å². The van der Waals surface area contributed by atoms with Gasteiger partial charge in [-0.2, -0.15) is 9.40 Å². The molecule has 0 saturated heterocycles. The molecule has 8 heteroatoms. The Morgan fingerprint density at radius 1 is 1.26 bits per heavy atom. The maximum atomic E-state index is 12.4. The van der Waals surface area contributed by atoms with Gasteiger partial charge in [-0.1, -0.05) is 30.3 Å². The monoisotopic (exact) mass is 334 g/mol.